The topological polar surface area (TPSA) is 55.2 Å². The normalized spacial score (nSPS) is 12.5. The number of nitrogens with zero attached hydrogens (tertiary/aromatic N) is 2. The van der Waals surface area contributed by atoms with Crippen LogP contribution in [0.3, 0.4) is 0 Å². The number of aliphatic hydroxyl groups is 1. The molecule has 0 radical (unpaired) electrons. The first-order chi connectivity index (χ1) is 6.22. The van der Waals surface area contributed by atoms with Crippen LogP contribution in [0.5, 0.6) is 5.88 Å². The van der Waals surface area contributed by atoms with Crippen molar-refractivity contribution in [2.45, 2.75) is 26.4 Å². The molecule has 13 heavy (non-hydrogen) atoms. The molecule has 0 aliphatic rings. The van der Waals surface area contributed by atoms with Crippen LogP contribution in [0.4, 0.5) is 0 Å². The SMILES string of the molecule is CCc1cc(OCC(C)O)ncn1. The minimum Gasteiger partial charge on any atom is -0.475 e. The highest BCUT2D eigenvalue weighted by Gasteiger charge is 2.00. The standard InChI is InChI=1S/C9H14N2O2/c1-3-8-4-9(11-6-10-8)13-5-7(2)12/h4,6-7,12H,3,5H2,1-2H3. The Bertz CT molecular complexity index is 264. The maximum Gasteiger partial charge on any atom is 0.216 e. The lowest BCUT2D eigenvalue weighted by Gasteiger charge is -2.06. The fourth-order valence-corrected chi connectivity index (χ4v) is 0.855. The predicted octanol–water partition coefficient (Wildman–Crippen LogP) is 0.799. The van der Waals surface area contributed by atoms with Crippen LogP contribution in [-0.2, 0) is 6.42 Å². The van der Waals surface area contributed by atoms with E-state index in [-0.39, 0.29) is 6.61 Å². The van der Waals surface area contributed by atoms with Gasteiger partial charge in [-0.15, -0.1) is 0 Å². The molecule has 4 nitrogen and oxygen atoms in total. The third-order valence-electron chi connectivity index (χ3n) is 1.53. The Morgan fingerprint density at radius 2 is 2.31 bits per heavy atom. The van der Waals surface area contributed by atoms with Crippen molar-refractivity contribution in [2.75, 3.05) is 6.61 Å². The molecule has 0 amide bonds. The molecule has 1 N–H and O–H groups in total. The zero-order chi connectivity index (χ0) is 9.68. The smallest absolute Gasteiger partial charge is 0.216 e. The third kappa shape index (κ3) is 3.38. The van der Waals surface area contributed by atoms with Gasteiger partial charge in [-0.05, 0) is 13.3 Å². The summed E-state index contributed by atoms with van der Waals surface area (Å²) >= 11 is 0. The van der Waals surface area contributed by atoms with Crippen molar-refractivity contribution in [3.63, 3.8) is 0 Å². The first-order valence-corrected chi connectivity index (χ1v) is 4.34. The average Bonchev–Trinajstić information content (AvgIpc) is 2.15. The van der Waals surface area contributed by atoms with Crippen LogP contribution in [-0.4, -0.2) is 27.8 Å². The number of rotatable bonds is 4. The molecule has 72 valence electrons. The molecule has 0 fully saturated rings. The molecule has 1 atom stereocenters. The summed E-state index contributed by atoms with van der Waals surface area (Å²) in [5, 5.41) is 8.97. The molecular formula is C9H14N2O2. The fourth-order valence-electron chi connectivity index (χ4n) is 0.855. The van der Waals surface area contributed by atoms with Crippen molar-refractivity contribution >= 4 is 0 Å². The first-order valence-electron chi connectivity index (χ1n) is 4.34. The summed E-state index contributed by atoms with van der Waals surface area (Å²) in [6, 6.07) is 1.78. The van der Waals surface area contributed by atoms with Gasteiger partial charge in [0.1, 0.15) is 12.9 Å². The molecule has 0 saturated heterocycles. The lowest BCUT2D eigenvalue weighted by molar-refractivity contribution is 0.119. The number of aromatic nitrogens is 2. The van der Waals surface area contributed by atoms with Gasteiger partial charge in [-0.25, -0.2) is 9.97 Å². The highest BCUT2D eigenvalue weighted by atomic mass is 16.5. The molecule has 0 spiro atoms. The monoisotopic (exact) mass is 182 g/mol. The number of ether oxygens (including phenoxy) is 1. The summed E-state index contributed by atoms with van der Waals surface area (Å²) in [7, 11) is 0. The van der Waals surface area contributed by atoms with E-state index in [2.05, 4.69) is 9.97 Å². The van der Waals surface area contributed by atoms with Crippen molar-refractivity contribution in [3.05, 3.63) is 18.1 Å². The van der Waals surface area contributed by atoms with Crippen LogP contribution < -0.4 is 4.74 Å². The van der Waals surface area contributed by atoms with E-state index in [1.807, 2.05) is 6.92 Å². The molecule has 0 aliphatic heterocycles. The van der Waals surface area contributed by atoms with Gasteiger partial charge in [-0.2, -0.15) is 0 Å². The van der Waals surface area contributed by atoms with Gasteiger partial charge in [0, 0.05) is 11.8 Å². The second-order valence-corrected chi connectivity index (χ2v) is 2.86. The minimum atomic E-state index is -0.472. The van der Waals surface area contributed by atoms with E-state index in [0.29, 0.717) is 5.88 Å². The summed E-state index contributed by atoms with van der Waals surface area (Å²) in [4.78, 5) is 7.95. The highest BCUT2D eigenvalue weighted by Crippen LogP contribution is 2.07. The highest BCUT2D eigenvalue weighted by molar-refractivity contribution is 5.13. The van der Waals surface area contributed by atoms with Gasteiger partial charge in [0.15, 0.2) is 0 Å². The Morgan fingerprint density at radius 3 is 2.92 bits per heavy atom. The maximum absolute atomic E-state index is 8.97. The molecule has 0 saturated carbocycles. The molecule has 1 unspecified atom stereocenters. The molecule has 1 rings (SSSR count). The van der Waals surface area contributed by atoms with E-state index in [0.717, 1.165) is 12.1 Å². The van der Waals surface area contributed by atoms with Crippen LogP contribution >= 0.6 is 0 Å². The largest absolute Gasteiger partial charge is 0.475 e. The van der Waals surface area contributed by atoms with Crippen LogP contribution in [0, 0.1) is 0 Å². The van der Waals surface area contributed by atoms with Gasteiger partial charge < -0.3 is 9.84 Å². The van der Waals surface area contributed by atoms with Gasteiger partial charge in [-0.3, -0.25) is 0 Å². The van der Waals surface area contributed by atoms with Gasteiger partial charge in [0.05, 0.1) is 6.10 Å². The van der Waals surface area contributed by atoms with Crippen molar-refractivity contribution < 1.29 is 9.84 Å². The van der Waals surface area contributed by atoms with E-state index < -0.39 is 6.10 Å². The number of aliphatic hydroxyl groups excluding tert-OH is 1. The lowest BCUT2D eigenvalue weighted by Crippen LogP contribution is -2.13. The van der Waals surface area contributed by atoms with Gasteiger partial charge >= 0.3 is 0 Å². The van der Waals surface area contributed by atoms with E-state index in [4.69, 9.17) is 9.84 Å². The van der Waals surface area contributed by atoms with E-state index in [9.17, 15) is 0 Å². The fraction of sp³-hybridized carbons (Fsp3) is 0.556. The predicted molar refractivity (Wildman–Crippen MR) is 48.6 cm³/mol. The van der Waals surface area contributed by atoms with Crippen molar-refractivity contribution in [2.24, 2.45) is 0 Å². The Kier molecular flexibility index (Phi) is 3.64. The Morgan fingerprint density at radius 1 is 1.54 bits per heavy atom. The second kappa shape index (κ2) is 4.77. The van der Waals surface area contributed by atoms with E-state index in [1.54, 1.807) is 13.0 Å². The summed E-state index contributed by atoms with van der Waals surface area (Å²) in [6.07, 6.45) is 1.85. The second-order valence-electron chi connectivity index (χ2n) is 2.86. The van der Waals surface area contributed by atoms with E-state index >= 15 is 0 Å². The molecule has 1 heterocycles. The quantitative estimate of drug-likeness (QED) is 0.748. The summed E-state index contributed by atoms with van der Waals surface area (Å²) in [5.41, 5.74) is 0.940. The molecule has 0 bridgehead atoms. The lowest BCUT2D eigenvalue weighted by atomic mass is 10.3. The van der Waals surface area contributed by atoms with Gasteiger partial charge in [0.25, 0.3) is 0 Å². The zero-order valence-electron chi connectivity index (χ0n) is 7.90. The number of hydrogen-bond acceptors (Lipinski definition) is 4. The van der Waals surface area contributed by atoms with Crippen LogP contribution in [0.25, 0.3) is 0 Å². The number of aryl methyl sites for hydroxylation is 1. The van der Waals surface area contributed by atoms with Crippen LogP contribution in [0.2, 0.25) is 0 Å². The maximum atomic E-state index is 8.97. The summed E-state index contributed by atoms with van der Waals surface area (Å²) in [5.74, 6) is 0.521. The van der Waals surface area contributed by atoms with E-state index in [1.165, 1.54) is 6.33 Å². The van der Waals surface area contributed by atoms with Crippen molar-refractivity contribution in [1.29, 1.82) is 0 Å². The number of hydrogen-bond donors (Lipinski definition) is 1. The van der Waals surface area contributed by atoms with Crippen molar-refractivity contribution in [1.82, 2.24) is 9.97 Å². The minimum absolute atomic E-state index is 0.264. The Hall–Kier alpha value is -1.16. The zero-order valence-corrected chi connectivity index (χ0v) is 7.90. The molecule has 1 aromatic heterocycles. The average molecular weight is 182 g/mol. The summed E-state index contributed by atoms with van der Waals surface area (Å²) < 4.78 is 5.21. The summed E-state index contributed by atoms with van der Waals surface area (Å²) in [6.45, 7) is 3.95. The van der Waals surface area contributed by atoms with Crippen molar-refractivity contribution in [3.8, 4) is 5.88 Å². The molecule has 1 aromatic rings. The molecule has 0 aliphatic carbocycles. The van der Waals surface area contributed by atoms with Crippen LogP contribution in [0.1, 0.15) is 19.5 Å². The third-order valence-corrected chi connectivity index (χ3v) is 1.53. The Labute approximate surface area is 77.6 Å². The molecular weight excluding hydrogens is 168 g/mol. The molecule has 0 aromatic carbocycles. The Balaban J connectivity index is 2.56. The van der Waals surface area contributed by atoms with Gasteiger partial charge in [0.2, 0.25) is 5.88 Å². The van der Waals surface area contributed by atoms with Gasteiger partial charge in [-0.1, -0.05) is 6.92 Å². The van der Waals surface area contributed by atoms with Crippen LogP contribution in [0.15, 0.2) is 12.4 Å². The first kappa shape index (κ1) is 9.92. The molecule has 4 heteroatoms.